The van der Waals surface area contributed by atoms with Crippen molar-refractivity contribution in [2.45, 2.75) is 19.8 Å². The number of nitrogens with zero attached hydrogens (tertiary/aromatic N) is 1. The molecule has 28 heavy (non-hydrogen) atoms. The predicted octanol–water partition coefficient (Wildman–Crippen LogP) is 2.42. The molecule has 0 radical (unpaired) electrons. The summed E-state index contributed by atoms with van der Waals surface area (Å²) in [6, 6.07) is 17.9. The summed E-state index contributed by atoms with van der Waals surface area (Å²) in [4.78, 5) is 37.9. The Balaban J connectivity index is 1.73. The summed E-state index contributed by atoms with van der Waals surface area (Å²) < 4.78 is 12.5. The zero-order valence-corrected chi connectivity index (χ0v) is 15.3. The molecule has 3 rings (SSSR count). The van der Waals surface area contributed by atoms with Crippen LogP contribution in [0.15, 0.2) is 76.4 Å². The number of esters is 1. The Bertz CT molecular complexity index is 1040. The van der Waals surface area contributed by atoms with Crippen LogP contribution >= 0.6 is 0 Å². The van der Waals surface area contributed by atoms with E-state index in [1.165, 1.54) is 10.8 Å². The van der Waals surface area contributed by atoms with Crippen LogP contribution in [0.5, 0.6) is 0 Å². The van der Waals surface area contributed by atoms with Crippen LogP contribution in [-0.2, 0) is 16.2 Å². The molecule has 7 heteroatoms. The topological polar surface area (TPSA) is 90.4 Å². The molecule has 1 heterocycles. The zero-order valence-electron chi connectivity index (χ0n) is 15.3. The van der Waals surface area contributed by atoms with Crippen molar-refractivity contribution >= 4 is 5.97 Å². The zero-order chi connectivity index (χ0) is 19.9. The van der Waals surface area contributed by atoms with Crippen molar-refractivity contribution in [2.24, 2.45) is 0 Å². The second-order valence-electron chi connectivity index (χ2n) is 6.20. The van der Waals surface area contributed by atoms with Crippen molar-refractivity contribution < 1.29 is 14.3 Å². The third-order valence-electron chi connectivity index (χ3n) is 4.15. The van der Waals surface area contributed by atoms with Gasteiger partial charge in [0, 0.05) is 11.8 Å². The highest BCUT2D eigenvalue weighted by atomic mass is 16.6. The van der Waals surface area contributed by atoms with Gasteiger partial charge in [-0.1, -0.05) is 48.5 Å². The fourth-order valence-electron chi connectivity index (χ4n) is 2.60. The first-order valence-electron chi connectivity index (χ1n) is 8.73. The quantitative estimate of drug-likeness (QED) is 0.636. The SMILES string of the molecule is Cc1cn(COC(COC(=O)c2ccccc2)c2ccccc2)c(=O)[nH]c1=O. The Labute approximate surface area is 161 Å². The van der Waals surface area contributed by atoms with E-state index >= 15 is 0 Å². The molecule has 1 aromatic heterocycles. The smallest absolute Gasteiger partial charge is 0.338 e. The second kappa shape index (κ2) is 8.96. The number of benzene rings is 2. The van der Waals surface area contributed by atoms with E-state index in [1.54, 1.807) is 31.2 Å². The number of carbonyl (C=O) groups excluding carboxylic acids is 1. The van der Waals surface area contributed by atoms with Gasteiger partial charge < -0.3 is 9.47 Å². The molecule has 0 aliphatic carbocycles. The van der Waals surface area contributed by atoms with Crippen LogP contribution in [0.2, 0.25) is 0 Å². The minimum absolute atomic E-state index is 0.0190. The van der Waals surface area contributed by atoms with Crippen LogP contribution < -0.4 is 11.2 Å². The number of aryl methyl sites for hydroxylation is 1. The van der Waals surface area contributed by atoms with Crippen molar-refractivity contribution in [3.05, 3.63) is 104 Å². The molecular weight excluding hydrogens is 360 g/mol. The van der Waals surface area contributed by atoms with Crippen LogP contribution in [0.1, 0.15) is 27.6 Å². The summed E-state index contributed by atoms with van der Waals surface area (Å²) in [6.07, 6.45) is 0.854. The number of hydrogen-bond acceptors (Lipinski definition) is 5. The van der Waals surface area contributed by atoms with Gasteiger partial charge >= 0.3 is 11.7 Å². The van der Waals surface area contributed by atoms with Crippen LogP contribution in [-0.4, -0.2) is 22.1 Å². The fraction of sp³-hybridized carbons (Fsp3) is 0.190. The number of aromatic amines is 1. The van der Waals surface area contributed by atoms with E-state index in [9.17, 15) is 14.4 Å². The summed E-state index contributed by atoms with van der Waals surface area (Å²) in [6.45, 7) is 1.48. The number of H-pyrrole nitrogens is 1. The number of hydrogen-bond donors (Lipinski definition) is 1. The Morgan fingerprint density at radius 2 is 1.68 bits per heavy atom. The van der Waals surface area contributed by atoms with Gasteiger partial charge in [0.05, 0.1) is 5.56 Å². The molecule has 7 nitrogen and oxygen atoms in total. The Kier molecular flexibility index (Phi) is 6.18. The summed E-state index contributed by atoms with van der Waals surface area (Å²) >= 11 is 0. The maximum atomic E-state index is 12.2. The van der Waals surface area contributed by atoms with Gasteiger partial charge in [0.2, 0.25) is 0 Å². The van der Waals surface area contributed by atoms with E-state index in [-0.39, 0.29) is 13.3 Å². The summed E-state index contributed by atoms with van der Waals surface area (Å²) in [5.74, 6) is -0.456. The normalized spacial score (nSPS) is 11.8. The first-order chi connectivity index (χ1) is 13.5. The average Bonchev–Trinajstić information content (AvgIpc) is 2.72. The molecule has 1 unspecified atom stereocenters. The molecule has 144 valence electrons. The summed E-state index contributed by atoms with van der Waals surface area (Å²) in [5.41, 5.74) is 0.649. The number of nitrogens with one attached hydrogen (secondary N) is 1. The molecule has 0 bridgehead atoms. The molecule has 0 aliphatic rings. The molecule has 1 atom stereocenters. The second-order valence-corrected chi connectivity index (χ2v) is 6.20. The van der Waals surface area contributed by atoms with Crippen LogP contribution in [0, 0.1) is 6.92 Å². The van der Waals surface area contributed by atoms with E-state index in [1.807, 2.05) is 36.4 Å². The third kappa shape index (κ3) is 4.83. The largest absolute Gasteiger partial charge is 0.459 e. The van der Waals surface area contributed by atoms with Gasteiger partial charge in [-0.3, -0.25) is 14.3 Å². The molecule has 0 spiro atoms. The average molecular weight is 380 g/mol. The Morgan fingerprint density at radius 1 is 1.04 bits per heavy atom. The first kappa shape index (κ1) is 19.3. The summed E-state index contributed by atoms with van der Waals surface area (Å²) in [7, 11) is 0. The molecule has 0 amide bonds. The monoisotopic (exact) mass is 380 g/mol. The van der Waals surface area contributed by atoms with Crippen LogP contribution in [0.25, 0.3) is 0 Å². The predicted molar refractivity (Wildman–Crippen MR) is 103 cm³/mol. The van der Waals surface area contributed by atoms with Gasteiger partial charge in [-0.2, -0.15) is 0 Å². The third-order valence-corrected chi connectivity index (χ3v) is 4.15. The maximum absolute atomic E-state index is 12.2. The summed E-state index contributed by atoms with van der Waals surface area (Å²) in [5, 5.41) is 0. The number of rotatable bonds is 7. The highest BCUT2D eigenvalue weighted by Crippen LogP contribution is 2.19. The number of ether oxygens (including phenoxy) is 2. The van der Waals surface area contributed by atoms with Crippen molar-refractivity contribution in [2.75, 3.05) is 6.61 Å². The van der Waals surface area contributed by atoms with Gasteiger partial charge in [0.25, 0.3) is 5.56 Å². The number of carbonyl (C=O) groups is 1. The molecule has 0 saturated heterocycles. The molecule has 0 saturated carbocycles. The lowest BCUT2D eigenvalue weighted by atomic mass is 10.1. The Morgan fingerprint density at radius 3 is 2.36 bits per heavy atom. The highest BCUT2D eigenvalue weighted by molar-refractivity contribution is 5.89. The van der Waals surface area contributed by atoms with Crippen LogP contribution in [0.4, 0.5) is 0 Å². The van der Waals surface area contributed by atoms with E-state index in [0.717, 1.165) is 5.56 Å². The van der Waals surface area contributed by atoms with E-state index in [2.05, 4.69) is 4.98 Å². The van der Waals surface area contributed by atoms with E-state index < -0.39 is 23.3 Å². The lowest BCUT2D eigenvalue weighted by Crippen LogP contribution is -2.32. The van der Waals surface area contributed by atoms with Crippen molar-refractivity contribution in [1.82, 2.24) is 9.55 Å². The van der Waals surface area contributed by atoms with E-state index in [0.29, 0.717) is 11.1 Å². The van der Waals surface area contributed by atoms with Crippen molar-refractivity contribution in [3.8, 4) is 0 Å². The lowest BCUT2D eigenvalue weighted by Gasteiger charge is -2.19. The fourth-order valence-corrected chi connectivity index (χ4v) is 2.60. The van der Waals surface area contributed by atoms with Gasteiger partial charge in [0.1, 0.15) is 19.4 Å². The standard InChI is InChI=1S/C21H20N2O5/c1-15-12-23(21(26)22-19(15)24)14-28-18(16-8-4-2-5-9-16)13-27-20(25)17-10-6-3-7-11-17/h2-12,18H,13-14H2,1H3,(H,22,24,26). The molecular formula is C21H20N2O5. The molecule has 0 aliphatic heterocycles. The maximum Gasteiger partial charge on any atom is 0.338 e. The molecule has 3 aromatic rings. The van der Waals surface area contributed by atoms with Crippen molar-refractivity contribution in [1.29, 1.82) is 0 Å². The van der Waals surface area contributed by atoms with Gasteiger partial charge in [0.15, 0.2) is 0 Å². The van der Waals surface area contributed by atoms with Gasteiger partial charge in [-0.25, -0.2) is 9.59 Å². The lowest BCUT2D eigenvalue weighted by molar-refractivity contribution is -0.0377. The Hall–Kier alpha value is -3.45. The van der Waals surface area contributed by atoms with Gasteiger partial charge in [-0.05, 0) is 24.6 Å². The number of aromatic nitrogens is 2. The molecule has 1 N–H and O–H groups in total. The minimum Gasteiger partial charge on any atom is -0.459 e. The van der Waals surface area contributed by atoms with Gasteiger partial charge in [-0.15, -0.1) is 0 Å². The minimum atomic E-state index is -0.576. The molecule has 2 aromatic carbocycles. The molecule has 0 fully saturated rings. The van der Waals surface area contributed by atoms with Crippen molar-refractivity contribution in [3.63, 3.8) is 0 Å². The van der Waals surface area contributed by atoms with E-state index in [4.69, 9.17) is 9.47 Å². The first-order valence-corrected chi connectivity index (χ1v) is 8.73. The highest BCUT2D eigenvalue weighted by Gasteiger charge is 2.16. The van der Waals surface area contributed by atoms with Crippen LogP contribution in [0.3, 0.4) is 0 Å².